The zero-order valence-corrected chi connectivity index (χ0v) is 11.7. The predicted molar refractivity (Wildman–Crippen MR) is 74.9 cm³/mol. The molecule has 2 atom stereocenters. The Hall–Kier alpha value is -0.800. The van der Waals surface area contributed by atoms with Gasteiger partial charge in [0, 0.05) is 30.7 Å². The molecular formula is C14H20ClFN2. The Morgan fingerprint density at radius 1 is 1.56 bits per heavy atom. The van der Waals surface area contributed by atoms with Crippen molar-refractivity contribution in [1.82, 2.24) is 5.32 Å². The minimum absolute atomic E-state index is 0.229. The van der Waals surface area contributed by atoms with Crippen molar-refractivity contribution in [2.24, 2.45) is 5.92 Å². The number of anilines is 1. The number of nitrogens with zero attached hydrogens (tertiary/aromatic N) is 1. The van der Waals surface area contributed by atoms with Crippen molar-refractivity contribution in [3.8, 4) is 0 Å². The average Bonchev–Trinajstić information content (AvgIpc) is 2.38. The molecule has 1 aromatic rings. The molecule has 0 bridgehead atoms. The summed E-state index contributed by atoms with van der Waals surface area (Å²) in [5, 5.41) is 3.96. The fraction of sp³-hybridized carbons (Fsp3) is 0.571. The maximum Gasteiger partial charge on any atom is 0.147 e. The normalized spacial score (nSPS) is 22.0. The molecule has 4 heteroatoms. The highest BCUT2D eigenvalue weighted by molar-refractivity contribution is 6.30. The second kappa shape index (κ2) is 5.89. The molecule has 1 heterocycles. The van der Waals surface area contributed by atoms with Gasteiger partial charge in [0.15, 0.2) is 0 Å². The van der Waals surface area contributed by atoms with Crippen LogP contribution in [0.2, 0.25) is 5.02 Å². The van der Waals surface area contributed by atoms with Gasteiger partial charge < -0.3 is 10.2 Å². The maximum atomic E-state index is 13.9. The smallest absolute Gasteiger partial charge is 0.147 e. The van der Waals surface area contributed by atoms with E-state index in [1.165, 1.54) is 6.07 Å². The second-order valence-corrected chi connectivity index (χ2v) is 5.42. The molecule has 2 nitrogen and oxygen atoms in total. The van der Waals surface area contributed by atoms with Crippen LogP contribution < -0.4 is 10.2 Å². The summed E-state index contributed by atoms with van der Waals surface area (Å²) in [6, 6.07) is 5.34. The van der Waals surface area contributed by atoms with Crippen LogP contribution in [0.15, 0.2) is 18.2 Å². The highest BCUT2D eigenvalue weighted by atomic mass is 35.5. The van der Waals surface area contributed by atoms with Crippen LogP contribution in [0, 0.1) is 11.7 Å². The van der Waals surface area contributed by atoms with Gasteiger partial charge in [-0.15, -0.1) is 0 Å². The number of rotatable bonds is 3. The predicted octanol–water partition coefficient (Wildman–Crippen LogP) is 3.30. The third-order valence-electron chi connectivity index (χ3n) is 3.79. The van der Waals surface area contributed by atoms with Crippen LogP contribution in [-0.2, 0) is 0 Å². The third-order valence-corrected chi connectivity index (χ3v) is 4.02. The van der Waals surface area contributed by atoms with E-state index in [1.807, 2.05) is 0 Å². The van der Waals surface area contributed by atoms with Gasteiger partial charge in [0.2, 0.25) is 0 Å². The summed E-state index contributed by atoms with van der Waals surface area (Å²) in [4.78, 5) is 2.11. The van der Waals surface area contributed by atoms with E-state index in [2.05, 4.69) is 24.1 Å². The molecule has 0 radical (unpaired) electrons. The van der Waals surface area contributed by atoms with Crippen molar-refractivity contribution in [3.05, 3.63) is 29.0 Å². The molecular weight excluding hydrogens is 251 g/mol. The first-order valence-corrected chi connectivity index (χ1v) is 6.93. The minimum atomic E-state index is -0.229. The fourth-order valence-electron chi connectivity index (χ4n) is 2.40. The van der Waals surface area contributed by atoms with Crippen molar-refractivity contribution in [2.45, 2.75) is 26.3 Å². The van der Waals surface area contributed by atoms with Crippen molar-refractivity contribution in [1.29, 1.82) is 0 Å². The number of piperazine rings is 1. The van der Waals surface area contributed by atoms with Crippen molar-refractivity contribution in [2.75, 3.05) is 24.5 Å². The molecule has 1 fully saturated rings. The first-order chi connectivity index (χ1) is 8.61. The molecule has 0 amide bonds. The van der Waals surface area contributed by atoms with Gasteiger partial charge in [0.25, 0.3) is 0 Å². The lowest BCUT2D eigenvalue weighted by molar-refractivity contribution is 0.340. The van der Waals surface area contributed by atoms with Crippen LogP contribution in [0.5, 0.6) is 0 Å². The number of halogens is 2. The van der Waals surface area contributed by atoms with Gasteiger partial charge >= 0.3 is 0 Å². The molecule has 0 spiro atoms. The number of hydrogen-bond acceptors (Lipinski definition) is 2. The summed E-state index contributed by atoms with van der Waals surface area (Å²) in [6.07, 6.45) is 1.13. The standard InChI is InChI=1S/C14H20ClFN2/c1-3-10(2)13-9-18(7-6-17-13)14-5-4-11(15)8-12(14)16/h4-5,8,10,13,17H,3,6-7,9H2,1-2H3. The van der Waals surface area contributed by atoms with Gasteiger partial charge in [-0.05, 0) is 24.1 Å². The Labute approximate surface area is 113 Å². The first-order valence-electron chi connectivity index (χ1n) is 6.55. The number of nitrogens with one attached hydrogen (secondary N) is 1. The fourth-order valence-corrected chi connectivity index (χ4v) is 2.56. The first kappa shape index (κ1) is 13.6. The summed E-state index contributed by atoms with van der Waals surface area (Å²) in [5.74, 6) is 0.371. The lowest BCUT2D eigenvalue weighted by atomic mass is 9.97. The van der Waals surface area contributed by atoms with E-state index in [4.69, 9.17) is 11.6 Å². The Morgan fingerprint density at radius 2 is 2.33 bits per heavy atom. The van der Waals surface area contributed by atoms with E-state index in [0.29, 0.717) is 22.7 Å². The number of benzene rings is 1. The summed E-state index contributed by atoms with van der Waals surface area (Å²) in [7, 11) is 0. The van der Waals surface area contributed by atoms with Crippen molar-refractivity contribution in [3.63, 3.8) is 0 Å². The lowest BCUT2D eigenvalue weighted by Gasteiger charge is -2.38. The summed E-state index contributed by atoms with van der Waals surface area (Å²) in [6.45, 7) is 7.02. The molecule has 2 rings (SSSR count). The van der Waals surface area contributed by atoms with E-state index in [9.17, 15) is 4.39 Å². The highest BCUT2D eigenvalue weighted by Crippen LogP contribution is 2.25. The van der Waals surface area contributed by atoms with E-state index in [-0.39, 0.29) is 5.82 Å². The zero-order valence-electron chi connectivity index (χ0n) is 10.9. The van der Waals surface area contributed by atoms with Crippen LogP contribution in [0.1, 0.15) is 20.3 Å². The van der Waals surface area contributed by atoms with Crippen LogP contribution in [-0.4, -0.2) is 25.7 Å². The summed E-state index contributed by atoms with van der Waals surface area (Å²) >= 11 is 5.79. The molecule has 1 aromatic carbocycles. The molecule has 1 saturated heterocycles. The van der Waals surface area contributed by atoms with Crippen molar-refractivity contribution >= 4 is 17.3 Å². The maximum absolute atomic E-state index is 13.9. The SMILES string of the molecule is CCC(C)C1CN(c2ccc(Cl)cc2F)CCN1. The van der Waals surface area contributed by atoms with E-state index < -0.39 is 0 Å². The molecule has 1 aliphatic heterocycles. The highest BCUT2D eigenvalue weighted by Gasteiger charge is 2.24. The molecule has 18 heavy (non-hydrogen) atoms. The zero-order chi connectivity index (χ0) is 13.1. The van der Waals surface area contributed by atoms with Gasteiger partial charge in [-0.25, -0.2) is 4.39 Å². The summed E-state index contributed by atoms with van der Waals surface area (Å²) in [5.41, 5.74) is 0.661. The monoisotopic (exact) mass is 270 g/mol. The molecule has 100 valence electrons. The number of hydrogen-bond donors (Lipinski definition) is 1. The molecule has 0 saturated carbocycles. The molecule has 1 aliphatic rings. The Balaban J connectivity index is 2.13. The van der Waals surface area contributed by atoms with Crippen LogP contribution in [0.25, 0.3) is 0 Å². The van der Waals surface area contributed by atoms with Crippen LogP contribution in [0.4, 0.5) is 10.1 Å². The largest absolute Gasteiger partial charge is 0.366 e. The Morgan fingerprint density at radius 3 is 3.00 bits per heavy atom. The van der Waals surface area contributed by atoms with Gasteiger partial charge in [-0.1, -0.05) is 31.9 Å². The van der Waals surface area contributed by atoms with Gasteiger partial charge in [-0.3, -0.25) is 0 Å². The molecule has 0 aliphatic carbocycles. The van der Waals surface area contributed by atoms with Crippen molar-refractivity contribution < 1.29 is 4.39 Å². The third kappa shape index (κ3) is 2.96. The molecule has 0 aromatic heterocycles. The molecule has 2 unspecified atom stereocenters. The van der Waals surface area contributed by atoms with E-state index in [0.717, 1.165) is 26.1 Å². The molecule has 1 N–H and O–H groups in total. The van der Waals surface area contributed by atoms with E-state index >= 15 is 0 Å². The van der Waals surface area contributed by atoms with Crippen LogP contribution >= 0.6 is 11.6 Å². The van der Waals surface area contributed by atoms with Gasteiger partial charge in [0.1, 0.15) is 5.82 Å². The van der Waals surface area contributed by atoms with Gasteiger partial charge in [-0.2, -0.15) is 0 Å². The lowest BCUT2D eigenvalue weighted by Crippen LogP contribution is -2.53. The minimum Gasteiger partial charge on any atom is -0.366 e. The van der Waals surface area contributed by atoms with Crippen LogP contribution in [0.3, 0.4) is 0 Å². The summed E-state index contributed by atoms with van der Waals surface area (Å²) < 4.78 is 13.9. The Kier molecular flexibility index (Phi) is 4.46. The van der Waals surface area contributed by atoms with Gasteiger partial charge in [0.05, 0.1) is 5.69 Å². The second-order valence-electron chi connectivity index (χ2n) is 4.99. The Bertz CT molecular complexity index is 411. The topological polar surface area (TPSA) is 15.3 Å². The van der Waals surface area contributed by atoms with E-state index in [1.54, 1.807) is 12.1 Å². The quantitative estimate of drug-likeness (QED) is 0.907. The average molecular weight is 271 g/mol.